The highest BCUT2D eigenvalue weighted by Gasteiger charge is 2.79. The van der Waals surface area contributed by atoms with Gasteiger partial charge in [0.05, 0.1) is 8.80 Å². The van der Waals surface area contributed by atoms with E-state index in [9.17, 15) is 48.7 Å². The number of carbonyl (C=O) groups excluding carboxylic acids is 1. The highest BCUT2D eigenvalue weighted by molar-refractivity contribution is 6.72. The number of rotatable bonds is 10. The first kappa shape index (κ1) is 29.9. The van der Waals surface area contributed by atoms with E-state index in [1.54, 1.807) is 18.7 Å². The van der Waals surface area contributed by atoms with Gasteiger partial charge >= 0.3 is 36.1 Å². The number of alkyl halides is 10. The van der Waals surface area contributed by atoms with Crippen LogP contribution in [0.2, 0.25) is 12.6 Å². The summed E-state index contributed by atoms with van der Waals surface area (Å²) >= 11 is 0. The van der Waals surface area contributed by atoms with Gasteiger partial charge in [0.2, 0.25) is 0 Å². The van der Waals surface area contributed by atoms with Crippen LogP contribution < -0.4 is 10.1 Å². The van der Waals surface area contributed by atoms with Gasteiger partial charge in [0.15, 0.2) is 0 Å². The largest absolute Gasteiger partial charge is 0.458 e. The molecule has 0 fully saturated rings. The monoisotopic (exact) mass is 528 g/mol. The maximum atomic E-state index is 14.9. The Morgan fingerprint density at radius 2 is 1.62 bits per heavy atom. The summed E-state index contributed by atoms with van der Waals surface area (Å²) in [6.45, 7) is 5.63. The van der Waals surface area contributed by atoms with Crippen molar-refractivity contribution in [2.45, 2.75) is 49.7 Å². The lowest BCUT2D eigenvalue weighted by molar-refractivity contribution is -0.492. The van der Waals surface area contributed by atoms with Crippen LogP contribution in [0.3, 0.4) is 0 Å². The fourth-order valence-corrected chi connectivity index (χ4v) is 4.20. The molecule has 34 heavy (non-hydrogen) atoms. The number of likely N-dealkylation sites (N-methyl/N-ethyl adjacent to an activating group) is 1. The van der Waals surface area contributed by atoms with Crippen LogP contribution in [0, 0.1) is 0 Å². The van der Waals surface area contributed by atoms with Gasteiger partial charge in [-0.15, -0.1) is 6.58 Å². The van der Waals surface area contributed by atoms with Crippen LogP contribution in [0.4, 0.5) is 49.6 Å². The van der Waals surface area contributed by atoms with Gasteiger partial charge in [-0.3, -0.25) is 9.53 Å². The van der Waals surface area contributed by atoms with E-state index in [-0.39, 0.29) is 17.7 Å². The van der Waals surface area contributed by atoms with Gasteiger partial charge in [-0.25, -0.2) is 0 Å². The summed E-state index contributed by atoms with van der Waals surface area (Å²) in [5.41, 5.74) is -0.384. The van der Waals surface area contributed by atoms with E-state index in [4.69, 9.17) is 0 Å². The summed E-state index contributed by atoms with van der Waals surface area (Å²) in [5, 5.41) is 0.538. The first-order chi connectivity index (χ1) is 15.3. The predicted octanol–water partition coefficient (Wildman–Crippen LogP) is 5.27. The molecule has 1 aromatic carbocycles. The van der Waals surface area contributed by atoms with E-state index in [1.165, 1.54) is 12.1 Å². The minimum Gasteiger partial charge on any atom is -0.335 e. The van der Waals surface area contributed by atoms with E-state index in [0.717, 1.165) is 13.0 Å². The Bertz CT molecular complexity index is 879. The van der Waals surface area contributed by atoms with E-state index < -0.39 is 51.4 Å². The number of anilines is 1. The van der Waals surface area contributed by atoms with Crippen molar-refractivity contribution < 1.29 is 58.2 Å². The van der Waals surface area contributed by atoms with Crippen molar-refractivity contribution in [1.82, 2.24) is 0 Å². The number of carbonyl (C=O) groups is 1. The van der Waals surface area contributed by atoms with Gasteiger partial charge in [0.1, 0.15) is 0 Å². The second kappa shape index (κ2) is 10.2. The summed E-state index contributed by atoms with van der Waals surface area (Å²) in [6.07, 6.45) is -18.4. The molecule has 4 nitrogen and oxygen atoms in total. The van der Waals surface area contributed by atoms with Gasteiger partial charge in [0.25, 0.3) is 0 Å². The average molecular weight is 528 g/mol. The molecule has 2 unspecified atom stereocenters. The molecule has 0 aromatic heterocycles. The molecule has 0 N–H and O–H groups in total. The Kier molecular flexibility index (Phi) is 9.00. The standard InChI is InChI=1S/C19H20F10NO3Si/c1-5-10-34(4)13-9-7-8-12(11-13)30(6-2)14(31)15(20,17(22,23)24)33-19(28,29)16(21,32-3)18(25,26)27/h5,7-9,11H,1,6,10H2,2-4H3. The van der Waals surface area contributed by atoms with Crippen molar-refractivity contribution in [3.05, 3.63) is 36.9 Å². The van der Waals surface area contributed by atoms with Crippen LogP contribution >= 0.6 is 0 Å². The van der Waals surface area contributed by atoms with Crippen molar-refractivity contribution >= 4 is 25.6 Å². The molecule has 1 radical (unpaired) electrons. The fourth-order valence-electron chi connectivity index (χ4n) is 2.76. The third-order valence-corrected chi connectivity index (χ3v) is 6.79. The van der Waals surface area contributed by atoms with Gasteiger partial charge in [-0.05, 0) is 25.1 Å². The maximum Gasteiger partial charge on any atom is 0.458 e. The van der Waals surface area contributed by atoms with Gasteiger partial charge in [-0.2, -0.15) is 43.9 Å². The molecule has 0 aliphatic carbocycles. The van der Waals surface area contributed by atoms with Crippen LogP contribution in [-0.4, -0.2) is 58.5 Å². The quantitative estimate of drug-likeness (QED) is 0.236. The number of ether oxygens (including phenoxy) is 2. The Balaban J connectivity index is 3.57. The van der Waals surface area contributed by atoms with Crippen molar-refractivity contribution in [3.8, 4) is 0 Å². The van der Waals surface area contributed by atoms with Crippen molar-refractivity contribution in [2.24, 2.45) is 0 Å². The maximum absolute atomic E-state index is 14.9. The van der Waals surface area contributed by atoms with E-state index in [2.05, 4.69) is 16.1 Å². The zero-order chi connectivity index (χ0) is 26.8. The molecule has 0 aliphatic heterocycles. The molecule has 15 heteroatoms. The first-order valence-corrected chi connectivity index (χ1v) is 11.5. The Labute approximate surface area is 189 Å². The molecule has 0 saturated carbocycles. The molecule has 1 amide bonds. The van der Waals surface area contributed by atoms with Crippen LogP contribution in [0.15, 0.2) is 36.9 Å². The minimum atomic E-state index is -6.66. The minimum absolute atomic E-state index is 0.0381. The summed E-state index contributed by atoms with van der Waals surface area (Å²) < 4.78 is 141. The van der Waals surface area contributed by atoms with Crippen LogP contribution in [0.1, 0.15) is 6.92 Å². The third kappa shape index (κ3) is 5.57. The number of benzene rings is 1. The summed E-state index contributed by atoms with van der Waals surface area (Å²) in [6, 6.07) is 5.58. The molecule has 1 aromatic rings. The van der Waals surface area contributed by atoms with Crippen molar-refractivity contribution in [3.63, 3.8) is 0 Å². The Morgan fingerprint density at radius 3 is 2.03 bits per heavy atom. The molecule has 2 atom stereocenters. The number of halogens is 10. The average Bonchev–Trinajstić information content (AvgIpc) is 2.71. The highest BCUT2D eigenvalue weighted by atomic mass is 28.3. The number of hydrogen-bond acceptors (Lipinski definition) is 3. The zero-order valence-corrected chi connectivity index (χ0v) is 19.0. The molecule has 0 aliphatic rings. The summed E-state index contributed by atoms with van der Waals surface area (Å²) in [5.74, 6) is -15.1. The number of amides is 1. The summed E-state index contributed by atoms with van der Waals surface area (Å²) in [4.78, 5) is 12.6. The van der Waals surface area contributed by atoms with E-state index in [1.807, 2.05) is 0 Å². The molecule has 0 saturated heterocycles. The molecule has 1 rings (SSSR count). The first-order valence-electron chi connectivity index (χ1n) is 9.33. The van der Waals surface area contributed by atoms with Crippen molar-refractivity contribution in [2.75, 3.05) is 18.6 Å². The molecule has 0 spiro atoms. The normalized spacial score (nSPS) is 16.6. The second-order valence-electron chi connectivity index (χ2n) is 6.88. The molecule has 0 heterocycles. The molecular weight excluding hydrogens is 508 g/mol. The molecule has 193 valence electrons. The molecule has 0 bridgehead atoms. The number of hydrogen-bond donors (Lipinski definition) is 0. The van der Waals surface area contributed by atoms with Crippen LogP contribution in [0.25, 0.3) is 0 Å². The lowest BCUT2D eigenvalue weighted by Gasteiger charge is -2.38. The van der Waals surface area contributed by atoms with Gasteiger partial charge in [0, 0.05) is 19.3 Å². The third-order valence-electron chi connectivity index (χ3n) is 4.59. The molecular formula is C19H20F10NO3Si. The topological polar surface area (TPSA) is 38.8 Å². The fraction of sp³-hybridized carbons (Fsp3) is 0.526. The number of nitrogens with zero attached hydrogens (tertiary/aromatic N) is 1. The van der Waals surface area contributed by atoms with Crippen LogP contribution in [0.5, 0.6) is 0 Å². The highest BCUT2D eigenvalue weighted by Crippen LogP contribution is 2.51. The summed E-state index contributed by atoms with van der Waals surface area (Å²) in [7, 11) is -1.60. The number of methoxy groups -OCH3 is 1. The smallest absolute Gasteiger partial charge is 0.335 e. The van der Waals surface area contributed by atoms with Crippen LogP contribution in [-0.2, 0) is 14.3 Å². The predicted molar refractivity (Wildman–Crippen MR) is 104 cm³/mol. The van der Waals surface area contributed by atoms with E-state index >= 15 is 0 Å². The number of allylic oxidation sites excluding steroid dienone is 1. The van der Waals surface area contributed by atoms with E-state index in [0.29, 0.717) is 11.2 Å². The second-order valence-corrected chi connectivity index (χ2v) is 9.43. The Morgan fingerprint density at radius 1 is 1.06 bits per heavy atom. The Hall–Kier alpha value is -2.13. The SMILES string of the molecule is C=CC[Si](C)c1cccc(N(CC)C(=O)C(F)(OC(F)(F)C(F)(OC)C(F)(F)F)C(F)(F)F)c1. The lowest BCUT2D eigenvalue weighted by Crippen LogP contribution is -2.66. The lowest BCUT2D eigenvalue weighted by atomic mass is 10.2. The zero-order valence-electron chi connectivity index (χ0n) is 18.0. The van der Waals surface area contributed by atoms with Crippen molar-refractivity contribution in [1.29, 1.82) is 0 Å². The van der Waals surface area contributed by atoms with Gasteiger partial charge < -0.3 is 9.64 Å². The van der Waals surface area contributed by atoms with Gasteiger partial charge in [-0.1, -0.05) is 29.9 Å².